The predicted molar refractivity (Wildman–Crippen MR) is 101 cm³/mol. The van der Waals surface area contributed by atoms with Crippen LogP contribution in [0.5, 0.6) is 0 Å². The van der Waals surface area contributed by atoms with Crippen molar-refractivity contribution in [1.82, 2.24) is 19.6 Å². The Bertz CT molecular complexity index is 1030. The number of carbonyl (C=O) groups excluding carboxylic acids is 2. The number of aromatic nitrogens is 2. The number of benzene rings is 1. The third-order valence-corrected chi connectivity index (χ3v) is 4.35. The monoisotopic (exact) mass is 364 g/mol. The maximum atomic E-state index is 12.6. The van der Waals surface area contributed by atoms with Crippen LogP contribution in [0.4, 0.5) is 4.79 Å². The van der Waals surface area contributed by atoms with Crippen molar-refractivity contribution in [2.75, 3.05) is 7.05 Å². The van der Waals surface area contributed by atoms with Crippen molar-refractivity contribution in [3.05, 3.63) is 82.4 Å². The molecule has 1 atom stereocenters. The van der Waals surface area contributed by atoms with Gasteiger partial charge in [-0.1, -0.05) is 36.4 Å². The first kappa shape index (κ1) is 18.3. The largest absolute Gasteiger partial charge is 0.322 e. The van der Waals surface area contributed by atoms with Gasteiger partial charge in [0.2, 0.25) is 0 Å². The summed E-state index contributed by atoms with van der Waals surface area (Å²) in [6.07, 6.45) is 2.34. The second kappa shape index (κ2) is 7.41. The van der Waals surface area contributed by atoms with Gasteiger partial charge in [0.15, 0.2) is 0 Å². The SMILES string of the molecule is CN(Cc1cc(=O)n2ccccc2n1)C(=O)NC(C)(C=O)c1ccccc1. The number of aldehydes is 1. The van der Waals surface area contributed by atoms with Crippen molar-refractivity contribution in [3.8, 4) is 0 Å². The first-order valence-electron chi connectivity index (χ1n) is 8.45. The van der Waals surface area contributed by atoms with Crippen molar-refractivity contribution in [3.63, 3.8) is 0 Å². The standard InChI is InChI=1S/C20H20N4O3/c1-20(14-25,15-8-4-3-5-9-15)22-19(27)23(2)13-16-12-18(26)24-11-7-6-10-17(24)21-16/h3-12,14H,13H2,1-2H3,(H,22,27). The highest BCUT2D eigenvalue weighted by Gasteiger charge is 2.29. The molecule has 0 aliphatic heterocycles. The molecule has 0 spiro atoms. The fraction of sp³-hybridized carbons (Fsp3) is 0.200. The van der Waals surface area contributed by atoms with Crippen molar-refractivity contribution in [2.45, 2.75) is 19.0 Å². The Hall–Kier alpha value is -3.48. The maximum absolute atomic E-state index is 12.6. The van der Waals surface area contributed by atoms with Gasteiger partial charge in [-0.05, 0) is 24.6 Å². The van der Waals surface area contributed by atoms with E-state index < -0.39 is 11.6 Å². The molecule has 1 N–H and O–H groups in total. The Balaban J connectivity index is 1.78. The molecule has 0 radical (unpaired) electrons. The average Bonchev–Trinajstić information content (AvgIpc) is 2.68. The van der Waals surface area contributed by atoms with Crippen molar-refractivity contribution < 1.29 is 9.59 Å². The van der Waals surface area contributed by atoms with Crippen LogP contribution in [-0.2, 0) is 16.9 Å². The summed E-state index contributed by atoms with van der Waals surface area (Å²) in [6.45, 7) is 1.78. The second-order valence-corrected chi connectivity index (χ2v) is 6.49. The molecular formula is C20H20N4O3. The number of amides is 2. The quantitative estimate of drug-likeness (QED) is 0.702. The number of hydrogen-bond donors (Lipinski definition) is 1. The van der Waals surface area contributed by atoms with Gasteiger partial charge in [-0.2, -0.15) is 0 Å². The van der Waals surface area contributed by atoms with E-state index >= 15 is 0 Å². The lowest BCUT2D eigenvalue weighted by Gasteiger charge is -2.28. The van der Waals surface area contributed by atoms with E-state index in [0.29, 0.717) is 23.2 Å². The molecule has 7 heteroatoms. The summed E-state index contributed by atoms with van der Waals surface area (Å²) in [4.78, 5) is 42.2. The molecule has 0 bridgehead atoms. The topological polar surface area (TPSA) is 83.8 Å². The van der Waals surface area contributed by atoms with Crippen LogP contribution in [0.1, 0.15) is 18.2 Å². The molecule has 0 saturated heterocycles. The number of nitrogens with zero attached hydrogens (tertiary/aromatic N) is 3. The molecule has 0 fully saturated rings. The Morgan fingerprint density at radius 3 is 2.63 bits per heavy atom. The smallest absolute Gasteiger partial charge is 0.318 e. The van der Waals surface area contributed by atoms with Gasteiger partial charge in [0.05, 0.1) is 12.2 Å². The Labute approximate surface area is 156 Å². The predicted octanol–water partition coefficient (Wildman–Crippen LogP) is 1.95. The molecule has 0 saturated carbocycles. The summed E-state index contributed by atoms with van der Waals surface area (Å²) in [7, 11) is 1.58. The molecule has 2 amide bonds. The number of nitrogens with one attached hydrogen (secondary N) is 1. The minimum atomic E-state index is -1.15. The number of carbonyl (C=O) groups is 2. The highest BCUT2D eigenvalue weighted by atomic mass is 16.2. The summed E-state index contributed by atoms with van der Waals surface area (Å²) in [5.41, 5.74) is 0.297. The van der Waals surface area contributed by atoms with Crippen LogP contribution in [0.2, 0.25) is 0 Å². The zero-order valence-corrected chi connectivity index (χ0v) is 15.1. The third kappa shape index (κ3) is 3.87. The summed E-state index contributed by atoms with van der Waals surface area (Å²) in [5, 5.41) is 2.74. The van der Waals surface area contributed by atoms with Crippen molar-refractivity contribution in [2.24, 2.45) is 0 Å². The molecule has 1 aromatic carbocycles. The maximum Gasteiger partial charge on any atom is 0.318 e. The van der Waals surface area contributed by atoms with Crippen molar-refractivity contribution in [1.29, 1.82) is 0 Å². The minimum Gasteiger partial charge on any atom is -0.322 e. The normalized spacial score (nSPS) is 13.0. The molecule has 1 unspecified atom stereocenters. The van der Waals surface area contributed by atoms with Crippen LogP contribution >= 0.6 is 0 Å². The number of fused-ring (bicyclic) bond motifs is 1. The zero-order valence-electron chi connectivity index (χ0n) is 15.1. The molecule has 7 nitrogen and oxygen atoms in total. The molecule has 0 aliphatic rings. The molecular weight excluding hydrogens is 344 g/mol. The van der Waals surface area contributed by atoms with Gasteiger partial charge in [-0.15, -0.1) is 0 Å². The van der Waals surface area contributed by atoms with Crippen LogP contribution in [0.15, 0.2) is 65.6 Å². The van der Waals surface area contributed by atoms with Gasteiger partial charge < -0.3 is 15.0 Å². The van der Waals surface area contributed by atoms with E-state index in [9.17, 15) is 14.4 Å². The van der Waals surface area contributed by atoms with Gasteiger partial charge >= 0.3 is 6.03 Å². The van der Waals surface area contributed by atoms with Crippen molar-refractivity contribution >= 4 is 18.0 Å². The molecule has 2 heterocycles. The average molecular weight is 364 g/mol. The number of pyridine rings is 1. The van der Waals surface area contributed by atoms with Gasteiger partial charge in [-0.25, -0.2) is 9.78 Å². The van der Waals surface area contributed by atoms with E-state index in [4.69, 9.17) is 0 Å². The van der Waals surface area contributed by atoms with Crippen LogP contribution in [0.3, 0.4) is 0 Å². The van der Waals surface area contributed by atoms with E-state index in [1.165, 1.54) is 15.4 Å². The van der Waals surface area contributed by atoms with Crippen LogP contribution in [0, 0.1) is 0 Å². The molecule has 3 aromatic rings. The number of urea groups is 1. The first-order valence-corrected chi connectivity index (χ1v) is 8.45. The summed E-state index contributed by atoms with van der Waals surface area (Å²) < 4.78 is 1.43. The highest BCUT2D eigenvalue weighted by molar-refractivity contribution is 5.81. The summed E-state index contributed by atoms with van der Waals surface area (Å²) >= 11 is 0. The Morgan fingerprint density at radius 1 is 1.22 bits per heavy atom. The van der Waals surface area contributed by atoms with E-state index in [1.807, 2.05) is 6.07 Å². The van der Waals surface area contributed by atoms with E-state index in [1.54, 1.807) is 62.6 Å². The lowest BCUT2D eigenvalue weighted by atomic mass is 9.94. The second-order valence-electron chi connectivity index (χ2n) is 6.49. The fourth-order valence-corrected chi connectivity index (χ4v) is 2.77. The Morgan fingerprint density at radius 2 is 1.93 bits per heavy atom. The summed E-state index contributed by atoms with van der Waals surface area (Å²) in [5.74, 6) is 0. The number of rotatable bonds is 5. The fourth-order valence-electron chi connectivity index (χ4n) is 2.77. The van der Waals surface area contributed by atoms with Gasteiger partial charge in [0, 0.05) is 19.3 Å². The zero-order chi connectivity index (χ0) is 19.4. The van der Waals surface area contributed by atoms with Crippen LogP contribution in [-0.4, -0.2) is 33.6 Å². The molecule has 27 heavy (non-hydrogen) atoms. The molecule has 3 rings (SSSR count). The minimum absolute atomic E-state index is 0.135. The van der Waals surface area contributed by atoms with Gasteiger partial charge in [0.25, 0.3) is 5.56 Å². The van der Waals surface area contributed by atoms with Crippen LogP contribution < -0.4 is 10.9 Å². The lowest BCUT2D eigenvalue weighted by molar-refractivity contribution is -0.112. The first-order chi connectivity index (χ1) is 12.9. The van der Waals surface area contributed by atoms with Gasteiger partial charge in [-0.3, -0.25) is 9.20 Å². The van der Waals surface area contributed by atoms with Gasteiger partial charge in [0.1, 0.15) is 17.5 Å². The summed E-state index contributed by atoms with van der Waals surface area (Å²) in [6, 6.07) is 15.2. The third-order valence-electron chi connectivity index (χ3n) is 4.35. The lowest BCUT2D eigenvalue weighted by Crippen LogP contribution is -2.49. The van der Waals surface area contributed by atoms with Crippen LogP contribution in [0.25, 0.3) is 5.65 Å². The molecule has 138 valence electrons. The highest BCUT2D eigenvalue weighted by Crippen LogP contribution is 2.18. The van der Waals surface area contributed by atoms with E-state index in [2.05, 4.69) is 10.3 Å². The van der Waals surface area contributed by atoms with E-state index in [0.717, 1.165) is 0 Å². The Kier molecular flexibility index (Phi) is 5.03. The molecule has 0 aliphatic carbocycles. The number of hydrogen-bond acceptors (Lipinski definition) is 4. The van der Waals surface area contributed by atoms with E-state index in [-0.39, 0.29) is 12.1 Å². The molecule has 2 aromatic heterocycles.